The van der Waals surface area contributed by atoms with E-state index in [1.165, 1.54) is 6.07 Å². The Morgan fingerprint density at radius 2 is 1.95 bits per heavy atom. The zero-order chi connectivity index (χ0) is 25.9. The van der Waals surface area contributed by atoms with E-state index in [0.717, 1.165) is 30.6 Å². The van der Waals surface area contributed by atoms with E-state index in [4.69, 9.17) is 37.7 Å². The third kappa shape index (κ3) is 4.17. The van der Waals surface area contributed by atoms with Crippen LogP contribution in [0, 0.1) is 34.9 Å². The molecular weight excluding hydrogens is 514 g/mol. The smallest absolute Gasteiger partial charge is 0.145 e. The second-order valence-corrected chi connectivity index (χ2v) is 11.6. The van der Waals surface area contributed by atoms with Gasteiger partial charge in [0.25, 0.3) is 0 Å². The molecule has 192 valence electrons. The van der Waals surface area contributed by atoms with Crippen LogP contribution in [0.4, 0.5) is 4.39 Å². The molecule has 2 bridgehead atoms. The lowest BCUT2D eigenvalue weighted by Crippen LogP contribution is -2.45. The fourth-order valence-electron chi connectivity index (χ4n) is 6.63. The predicted molar refractivity (Wildman–Crippen MR) is 138 cm³/mol. The van der Waals surface area contributed by atoms with Gasteiger partial charge < -0.3 is 14.4 Å². The molecule has 37 heavy (non-hydrogen) atoms. The van der Waals surface area contributed by atoms with Crippen LogP contribution in [0.15, 0.2) is 40.9 Å². The molecule has 3 fully saturated rings. The molecular formula is C29H27Cl2FN2O3. The van der Waals surface area contributed by atoms with Gasteiger partial charge in [-0.05, 0) is 74.1 Å². The van der Waals surface area contributed by atoms with Gasteiger partial charge in [-0.3, -0.25) is 0 Å². The van der Waals surface area contributed by atoms with Crippen molar-refractivity contribution in [3.63, 3.8) is 0 Å². The van der Waals surface area contributed by atoms with E-state index in [1.807, 2.05) is 6.07 Å². The molecule has 5 nitrogen and oxygen atoms in total. The van der Waals surface area contributed by atoms with Crippen LogP contribution in [0.1, 0.15) is 67.4 Å². The summed E-state index contributed by atoms with van der Waals surface area (Å²) in [6, 6.07) is 11.7. The fraction of sp³-hybridized carbons (Fsp3) is 0.448. The van der Waals surface area contributed by atoms with E-state index in [2.05, 4.69) is 12.1 Å². The van der Waals surface area contributed by atoms with E-state index < -0.39 is 11.4 Å². The van der Waals surface area contributed by atoms with Crippen LogP contribution in [-0.4, -0.2) is 16.4 Å². The molecule has 3 aliphatic carbocycles. The van der Waals surface area contributed by atoms with Gasteiger partial charge in [-0.2, -0.15) is 5.26 Å². The number of hydrogen-bond donors (Lipinski definition) is 1. The van der Waals surface area contributed by atoms with Crippen LogP contribution in [0.2, 0.25) is 10.0 Å². The summed E-state index contributed by atoms with van der Waals surface area (Å²) in [6.07, 6.45) is 4.01. The Kier molecular flexibility index (Phi) is 6.32. The minimum atomic E-state index is -1.27. The average molecular weight is 541 g/mol. The minimum absolute atomic E-state index is 0.0989. The lowest BCUT2D eigenvalue weighted by molar-refractivity contribution is -0.121. The molecule has 1 aromatic heterocycles. The van der Waals surface area contributed by atoms with Crippen molar-refractivity contribution in [2.75, 3.05) is 0 Å². The predicted octanol–water partition coefficient (Wildman–Crippen LogP) is 7.38. The van der Waals surface area contributed by atoms with Crippen molar-refractivity contribution in [2.24, 2.45) is 17.8 Å². The molecule has 0 unspecified atom stereocenters. The number of hydrogen-bond acceptors (Lipinski definition) is 5. The van der Waals surface area contributed by atoms with E-state index in [0.29, 0.717) is 46.7 Å². The zero-order valence-corrected chi connectivity index (χ0v) is 21.9. The van der Waals surface area contributed by atoms with Crippen molar-refractivity contribution in [3.8, 4) is 17.3 Å². The van der Waals surface area contributed by atoms with Gasteiger partial charge in [0.1, 0.15) is 17.3 Å². The van der Waals surface area contributed by atoms with Crippen LogP contribution in [0.5, 0.6) is 0 Å². The summed E-state index contributed by atoms with van der Waals surface area (Å²) in [5, 5.41) is 26.3. The van der Waals surface area contributed by atoms with Gasteiger partial charge >= 0.3 is 0 Å². The molecule has 0 radical (unpaired) electrons. The summed E-state index contributed by atoms with van der Waals surface area (Å²) < 4.78 is 27.3. The van der Waals surface area contributed by atoms with Crippen LogP contribution < -0.4 is 0 Å². The lowest BCUT2D eigenvalue weighted by Gasteiger charge is -2.43. The number of aromatic nitrogens is 1. The maximum atomic E-state index is 15.0. The molecule has 1 N–H and O–H groups in total. The summed E-state index contributed by atoms with van der Waals surface area (Å²) >= 11 is 13.0. The molecule has 2 aromatic carbocycles. The van der Waals surface area contributed by atoms with Crippen LogP contribution in [-0.2, 0) is 16.9 Å². The quantitative estimate of drug-likeness (QED) is 0.352. The van der Waals surface area contributed by atoms with Crippen molar-refractivity contribution >= 4 is 23.2 Å². The second-order valence-electron chi connectivity index (χ2n) is 10.8. The van der Waals surface area contributed by atoms with E-state index in [9.17, 15) is 5.11 Å². The molecule has 8 heteroatoms. The summed E-state index contributed by atoms with van der Waals surface area (Å²) in [7, 11) is 0. The lowest BCUT2D eigenvalue weighted by atomic mass is 9.68. The molecule has 0 amide bonds. The number of aliphatic hydroxyl groups is 1. The number of halogens is 3. The number of nitrogens with zero attached hydrogens (tertiary/aromatic N) is 2. The first-order chi connectivity index (χ1) is 17.8. The third-order valence-electron chi connectivity index (χ3n) is 8.55. The van der Waals surface area contributed by atoms with Crippen molar-refractivity contribution in [1.29, 1.82) is 5.26 Å². The van der Waals surface area contributed by atoms with Gasteiger partial charge in [0, 0.05) is 22.6 Å². The highest BCUT2D eigenvalue weighted by Crippen LogP contribution is 2.58. The Morgan fingerprint density at radius 3 is 2.59 bits per heavy atom. The Labute approximate surface area is 225 Å². The number of ether oxygens (including phenoxy) is 1. The maximum Gasteiger partial charge on any atom is 0.145 e. The molecule has 0 aliphatic heterocycles. The van der Waals surface area contributed by atoms with Gasteiger partial charge in [-0.1, -0.05) is 47.4 Å². The molecule has 3 saturated carbocycles. The standard InChI is InChI=1S/C29H27Cl2FN2O3/c1-15-9-18-11-19(12-22(15)29(18,35)21-8-5-16(13-33)10-25(21)32)36-14-20-27(34-37-28(20)17-6-7-17)26-23(30)3-2-4-24(26)31/h2-5,8,10,15,17-19,22,35H,6-7,9,11-12,14H2,1H3/t15-,18+,19+,22+,29+/m0/s1. The molecule has 0 spiro atoms. The fourth-order valence-corrected chi connectivity index (χ4v) is 7.20. The van der Waals surface area contributed by atoms with Crippen LogP contribution >= 0.6 is 23.2 Å². The average Bonchev–Trinajstić information content (AvgIpc) is 3.62. The number of rotatable bonds is 6. The van der Waals surface area contributed by atoms with Crippen molar-refractivity contribution in [1.82, 2.24) is 5.16 Å². The van der Waals surface area contributed by atoms with Gasteiger partial charge in [0.2, 0.25) is 0 Å². The minimum Gasteiger partial charge on any atom is -0.384 e. The van der Waals surface area contributed by atoms with Gasteiger partial charge in [-0.25, -0.2) is 4.39 Å². The monoisotopic (exact) mass is 540 g/mol. The molecule has 3 aromatic rings. The molecule has 6 rings (SSSR count). The van der Waals surface area contributed by atoms with Gasteiger partial charge in [0.05, 0.1) is 40.0 Å². The largest absolute Gasteiger partial charge is 0.384 e. The zero-order valence-electron chi connectivity index (χ0n) is 20.4. The summed E-state index contributed by atoms with van der Waals surface area (Å²) in [5.74, 6) is 0.555. The first kappa shape index (κ1) is 24.9. The highest BCUT2D eigenvalue weighted by Gasteiger charge is 2.58. The summed E-state index contributed by atoms with van der Waals surface area (Å²) in [5.41, 5.74) is 1.39. The van der Waals surface area contributed by atoms with Crippen molar-refractivity contribution < 1.29 is 18.8 Å². The van der Waals surface area contributed by atoms with E-state index >= 15 is 4.39 Å². The number of benzene rings is 2. The first-order valence-electron chi connectivity index (χ1n) is 12.8. The van der Waals surface area contributed by atoms with Gasteiger partial charge in [-0.15, -0.1) is 0 Å². The summed E-state index contributed by atoms with van der Waals surface area (Å²) in [6.45, 7) is 2.41. The van der Waals surface area contributed by atoms with E-state index in [-0.39, 0.29) is 35.0 Å². The van der Waals surface area contributed by atoms with E-state index in [1.54, 1.807) is 30.3 Å². The number of nitriles is 1. The highest BCUT2D eigenvalue weighted by atomic mass is 35.5. The number of fused-ring (bicyclic) bond motifs is 2. The topological polar surface area (TPSA) is 79.3 Å². The third-order valence-corrected chi connectivity index (χ3v) is 9.18. The van der Waals surface area contributed by atoms with Crippen molar-refractivity contribution in [2.45, 2.75) is 63.3 Å². The van der Waals surface area contributed by atoms with Crippen LogP contribution in [0.3, 0.4) is 0 Å². The highest BCUT2D eigenvalue weighted by molar-refractivity contribution is 6.39. The Hall–Kier alpha value is -2.43. The Bertz CT molecular complexity index is 1380. The normalized spacial score (nSPS) is 28.9. The summed E-state index contributed by atoms with van der Waals surface area (Å²) in [4.78, 5) is 0. The second kappa shape index (κ2) is 9.39. The Balaban J connectivity index is 1.26. The molecule has 0 saturated heterocycles. The first-order valence-corrected chi connectivity index (χ1v) is 13.5. The molecule has 3 aliphatic rings. The van der Waals surface area contributed by atoms with Crippen molar-refractivity contribution in [3.05, 3.63) is 74.7 Å². The van der Waals surface area contributed by atoms with Gasteiger partial charge in [0.15, 0.2) is 0 Å². The van der Waals surface area contributed by atoms with Crippen LogP contribution in [0.25, 0.3) is 11.3 Å². The Morgan fingerprint density at radius 1 is 1.19 bits per heavy atom. The SMILES string of the molecule is C[C@H]1C[C@@H]2C[C@@H](OCc3c(-c4c(Cl)cccc4Cl)noc3C3CC3)C[C@H]1[C@]2(O)c1ccc(C#N)cc1F. The molecule has 5 atom stereocenters. The maximum absolute atomic E-state index is 15.0. The molecule has 1 heterocycles.